The van der Waals surface area contributed by atoms with Crippen LogP contribution in [0.15, 0.2) is 78.9 Å². The molecule has 0 aliphatic carbocycles. The van der Waals surface area contributed by atoms with Crippen LogP contribution >= 0.6 is 0 Å². The molecule has 28 heavy (non-hydrogen) atoms. The number of halogens is 1. The Kier molecular flexibility index (Phi) is 4.85. The second-order valence-corrected chi connectivity index (χ2v) is 6.64. The van der Waals surface area contributed by atoms with Gasteiger partial charge in [-0.25, -0.2) is 14.2 Å². The monoisotopic (exact) mass is 371 g/mol. The van der Waals surface area contributed by atoms with Gasteiger partial charge in [0.15, 0.2) is 0 Å². The van der Waals surface area contributed by atoms with Crippen LogP contribution in [0.3, 0.4) is 0 Å². The molecule has 4 heteroatoms. The highest BCUT2D eigenvalue weighted by Gasteiger charge is 2.15. The van der Waals surface area contributed by atoms with Crippen molar-refractivity contribution in [2.45, 2.75) is 13.5 Å². The fraction of sp³-hybridized carbons (Fsp3) is 0.0833. The molecule has 3 aromatic carbocycles. The van der Waals surface area contributed by atoms with Crippen molar-refractivity contribution >= 4 is 16.9 Å². The Balaban J connectivity index is 1.70. The van der Waals surface area contributed by atoms with E-state index >= 15 is 0 Å². The molecular formula is C24H18FNO2. The zero-order valence-corrected chi connectivity index (χ0v) is 15.4. The summed E-state index contributed by atoms with van der Waals surface area (Å²) >= 11 is 0. The summed E-state index contributed by atoms with van der Waals surface area (Å²) in [5.41, 5.74) is 4.51. The van der Waals surface area contributed by atoms with Gasteiger partial charge in [0.1, 0.15) is 12.4 Å². The molecule has 0 unspecified atom stereocenters. The SMILES string of the molecule is Cc1cccc(COC(=O)c2cc(-c3ccc(F)cc3)nc3ccccc23)c1. The van der Waals surface area contributed by atoms with Crippen molar-refractivity contribution in [1.82, 2.24) is 4.98 Å². The smallest absolute Gasteiger partial charge is 0.339 e. The van der Waals surface area contributed by atoms with E-state index in [4.69, 9.17) is 4.74 Å². The molecule has 4 aromatic rings. The van der Waals surface area contributed by atoms with E-state index in [2.05, 4.69) is 4.98 Å². The third kappa shape index (κ3) is 3.76. The molecule has 138 valence electrons. The minimum absolute atomic E-state index is 0.197. The van der Waals surface area contributed by atoms with E-state index in [9.17, 15) is 9.18 Å². The average molecular weight is 371 g/mol. The van der Waals surface area contributed by atoms with Crippen LogP contribution in [0.2, 0.25) is 0 Å². The van der Waals surface area contributed by atoms with Crippen LogP contribution in [0.4, 0.5) is 4.39 Å². The number of carbonyl (C=O) groups is 1. The normalized spacial score (nSPS) is 10.8. The predicted molar refractivity (Wildman–Crippen MR) is 107 cm³/mol. The maximum Gasteiger partial charge on any atom is 0.339 e. The van der Waals surface area contributed by atoms with E-state index in [1.807, 2.05) is 55.5 Å². The lowest BCUT2D eigenvalue weighted by Gasteiger charge is -2.10. The van der Waals surface area contributed by atoms with Crippen molar-refractivity contribution in [2.24, 2.45) is 0 Å². The quantitative estimate of drug-likeness (QED) is 0.432. The zero-order valence-electron chi connectivity index (χ0n) is 15.4. The van der Waals surface area contributed by atoms with Crippen LogP contribution in [0, 0.1) is 12.7 Å². The number of carbonyl (C=O) groups excluding carboxylic acids is 1. The van der Waals surface area contributed by atoms with Crippen molar-refractivity contribution in [3.63, 3.8) is 0 Å². The fourth-order valence-electron chi connectivity index (χ4n) is 3.14. The summed E-state index contributed by atoms with van der Waals surface area (Å²) in [7, 11) is 0. The standard InChI is InChI=1S/C24H18FNO2/c1-16-5-4-6-17(13-16)15-28-24(27)21-14-23(18-9-11-19(25)12-10-18)26-22-8-3-2-7-20(21)22/h2-14H,15H2,1H3. The summed E-state index contributed by atoms with van der Waals surface area (Å²) in [5, 5.41) is 0.725. The Hall–Kier alpha value is -3.53. The van der Waals surface area contributed by atoms with Gasteiger partial charge in [0.05, 0.1) is 16.8 Å². The van der Waals surface area contributed by atoms with Gasteiger partial charge in [-0.3, -0.25) is 0 Å². The summed E-state index contributed by atoms with van der Waals surface area (Å²) in [4.78, 5) is 17.5. The molecule has 3 nitrogen and oxygen atoms in total. The molecule has 0 bridgehead atoms. The number of para-hydroxylation sites is 1. The van der Waals surface area contributed by atoms with E-state index in [1.165, 1.54) is 12.1 Å². The largest absolute Gasteiger partial charge is 0.457 e. The molecule has 0 radical (unpaired) electrons. The lowest BCUT2D eigenvalue weighted by atomic mass is 10.0. The number of aromatic nitrogens is 1. The van der Waals surface area contributed by atoms with Crippen molar-refractivity contribution in [3.8, 4) is 11.3 Å². The van der Waals surface area contributed by atoms with Gasteiger partial charge in [-0.1, -0.05) is 48.0 Å². The third-order valence-electron chi connectivity index (χ3n) is 4.53. The van der Waals surface area contributed by atoms with Crippen molar-refractivity contribution in [1.29, 1.82) is 0 Å². The fourth-order valence-corrected chi connectivity index (χ4v) is 3.14. The van der Waals surface area contributed by atoms with E-state index in [0.717, 1.165) is 22.1 Å². The molecule has 0 N–H and O–H groups in total. The molecule has 0 saturated carbocycles. The lowest BCUT2D eigenvalue weighted by Crippen LogP contribution is -2.07. The second kappa shape index (κ2) is 7.61. The Morgan fingerprint density at radius 1 is 0.964 bits per heavy atom. The first-order valence-electron chi connectivity index (χ1n) is 8.98. The minimum atomic E-state index is -0.413. The highest BCUT2D eigenvalue weighted by molar-refractivity contribution is 6.04. The molecule has 0 spiro atoms. The van der Waals surface area contributed by atoms with Crippen LogP contribution in [0.25, 0.3) is 22.2 Å². The Labute approximate surface area is 162 Å². The lowest BCUT2D eigenvalue weighted by molar-refractivity contribution is 0.0475. The summed E-state index contributed by atoms with van der Waals surface area (Å²) in [6, 6.07) is 23.0. The topological polar surface area (TPSA) is 39.2 Å². The average Bonchev–Trinajstić information content (AvgIpc) is 2.72. The van der Waals surface area contributed by atoms with E-state index in [0.29, 0.717) is 16.8 Å². The highest BCUT2D eigenvalue weighted by Crippen LogP contribution is 2.26. The van der Waals surface area contributed by atoms with Gasteiger partial charge in [-0.2, -0.15) is 0 Å². The molecule has 0 fully saturated rings. The molecule has 0 atom stereocenters. The molecule has 1 aromatic heterocycles. The number of hydrogen-bond acceptors (Lipinski definition) is 3. The first-order chi connectivity index (χ1) is 13.6. The number of aryl methyl sites for hydroxylation is 1. The number of fused-ring (bicyclic) bond motifs is 1. The molecule has 1 heterocycles. The number of rotatable bonds is 4. The van der Waals surface area contributed by atoms with Gasteiger partial charge in [-0.15, -0.1) is 0 Å². The van der Waals surface area contributed by atoms with Gasteiger partial charge in [-0.05, 0) is 48.9 Å². The van der Waals surface area contributed by atoms with Crippen LogP contribution in [-0.2, 0) is 11.3 Å². The highest BCUT2D eigenvalue weighted by atomic mass is 19.1. The van der Waals surface area contributed by atoms with Crippen LogP contribution < -0.4 is 0 Å². The number of pyridine rings is 1. The molecule has 0 aliphatic heterocycles. The maximum atomic E-state index is 13.3. The number of nitrogens with zero attached hydrogens (tertiary/aromatic N) is 1. The molecule has 0 saturated heterocycles. The zero-order chi connectivity index (χ0) is 19.5. The van der Waals surface area contributed by atoms with E-state index < -0.39 is 5.97 Å². The van der Waals surface area contributed by atoms with Crippen molar-refractivity contribution < 1.29 is 13.9 Å². The van der Waals surface area contributed by atoms with Gasteiger partial charge < -0.3 is 4.74 Å². The second-order valence-electron chi connectivity index (χ2n) is 6.64. The number of ether oxygens (including phenoxy) is 1. The summed E-state index contributed by atoms with van der Waals surface area (Å²) < 4.78 is 18.8. The van der Waals surface area contributed by atoms with Gasteiger partial charge in [0.25, 0.3) is 0 Å². The summed E-state index contributed by atoms with van der Waals surface area (Å²) in [5.74, 6) is -0.731. The Morgan fingerprint density at radius 3 is 2.54 bits per heavy atom. The van der Waals surface area contributed by atoms with Gasteiger partial charge in [0, 0.05) is 10.9 Å². The molecule has 0 aliphatic rings. The summed E-state index contributed by atoms with van der Waals surface area (Å²) in [6.07, 6.45) is 0. The number of esters is 1. The van der Waals surface area contributed by atoms with E-state index in [-0.39, 0.29) is 12.4 Å². The first-order valence-corrected chi connectivity index (χ1v) is 8.98. The van der Waals surface area contributed by atoms with Crippen molar-refractivity contribution in [2.75, 3.05) is 0 Å². The van der Waals surface area contributed by atoms with Crippen LogP contribution in [-0.4, -0.2) is 11.0 Å². The maximum absolute atomic E-state index is 13.3. The van der Waals surface area contributed by atoms with Crippen LogP contribution in [0.5, 0.6) is 0 Å². The molecule has 0 amide bonds. The first kappa shape index (κ1) is 17.9. The molecule has 4 rings (SSSR count). The third-order valence-corrected chi connectivity index (χ3v) is 4.53. The van der Waals surface area contributed by atoms with Gasteiger partial charge >= 0.3 is 5.97 Å². The Bertz CT molecular complexity index is 1150. The summed E-state index contributed by atoms with van der Waals surface area (Å²) in [6.45, 7) is 2.19. The molecular weight excluding hydrogens is 353 g/mol. The minimum Gasteiger partial charge on any atom is -0.457 e. The van der Waals surface area contributed by atoms with Crippen molar-refractivity contribution in [3.05, 3.63) is 101 Å². The number of hydrogen-bond donors (Lipinski definition) is 0. The van der Waals surface area contributed by atoms with Gasteiger partial charge in [0.2, 0.25) is 0 Å². The Morgan fingerprint density at radius 2 is 1.75 bits per heavy atom. The van der Waals surface area contributed by atoms with E-state index in [1.54, 1.807) is 18.2 Å². The number of benzene rings is 3. The predicted octanol–water partition coefficient (Wildman–Crippen LogP) is 5.71. The van der Waals surface area contributed by atoms with Crippen LogP contribution in [0.1, 0.15) is 21.5 Å².